The minimum absolute atomic E-state index is 0. The second kappa shape index (κ2) is 42.4. The molecule has 20 heteroatoms. The summed E-state index contributed by atoms with van der Waals surface area (Å²) in [6.45, 7) is 18.5. The Morgan fingerprint density at radius 3 is 1.88 bits per heavy atom. The number of nitrogens with two attached hydrogens (primary N) is 2. The summed E-state index contributed by atoms with van der Waals surface area (Å²) >= 11 is 15.2. The first kappa shape index (κ1) is 60.4. The molecule has 0 atom stereocenters. The number of carbonyl (C=O) groups is 1. The number of guanidine groups is 1. The molecule has 5 N–H and O–H groups in total. The molecule has 3 heterocycles. The molecule has 0 saturated carbocycles. The molecule has 11 nitrogen and oxygen atoms in total. The first-order valence-electron chi connectivity index (χ1n) is 16.3. The van der Waals surface area contributed by atoms with Crippen LogP contribution in [0, 0.1) is 36.7 Å². The fourth-order valence-corrected chi connectivity index (χ4v) is 4.88. The number of hydrogen-bond donors (Lipinski definition) is 5. The zero-order valence-electron chi connectivity index (χ0n) is 30.8. The number of aryl methyl sites for hydroxylation is 1. The van der Waals surface area contributed by atoms with Crippen LogP contribution in [0.15, 0.2) is 22.8 Å². The molecule has 1 aromatic heterocycles. The summed E-state index contributed by atoms with van der Waals surface area (Å²) in [5.74, 6) is 2.45. The van der Waals surface area contributed by atoms with Crippen molar-refractivity contribution in [2.45, 2.75) is 72.1 Å². The molecule has 2 fully saturated rings. The molecule has 0 unspecified atom stereocenters. The monoisotopic (exact) mass is 1380 g/mol. The predicted molar refractivity (Wildman–Crippen MR) is 273 cm³/mol. The van der Waals surface area contributed by atoms with Gasteiger partial charge >= 0.3 is 64.9 Å². The molecular weight excluding hydrogens is 1320 g/mol. The van der Waals surface area contributed by atoms with Crippen LogP contribution in [0.1, 0.15) is 70.9 Å². The molecule has 2 aliphatic heterocycles. The number of rotatable bonds is 10. The number of nitrogens with zero attached hydrogens (tertiary/aromatic N) is 7. The van der Waals surface area contributed by atoms with Crippen molar-refractivity contribution in [2.75, 3.05) is 62.4 Å². The van der Waals surface area contributed by atoms with Crippen molar-refractivity contribution in [3.05, 3.63) is 35.0 Å². The van der Waals surface area contributed by atoms with E-state index in [1.807, 2.05) is 28.1 Å². The van der Waals surface area contributed by atoms with Crippen LogP contribution in [0.2, 0.25) is 0 Å². The number of thiol groups is 3. The standard InChI is InChI=1S/C15H23N5.C10H22N4.C6H7NO.CH3IS.HIS.3HI.H2S.V/c1-12-14(16-2)11-18-15(19-12)17-8-4-5-13-6-9-20(3)10-7-13;1-14-7-4-9(5-8-14)3-2-6-13-10(11)12;1-3-6(4-7)5(2)8;2-1-3;1-2;;;;;/h11,13H,4-10H2,1,3H3,(H,17,18,19);9H,2-8H2,1H3,(H4,11,12,13);3H,1-2H3;3H,1H2;2H;3*1H;1H2;/q;;;;;;;;;+3/p-4/b;;6-3+;;;;;;;. The van der Waals surface area contributed by atoms with Gasteiger partial charge in [0.15, 0.2) is 11.7 Å². The van der Waals surface area contributed by atoms with Crippen molar-refractivity contribution >= 4 is 163 Å². The van der Waals surface area contributed by atoms with Crippen molar-refractivity contribution < 1.29 is 9.72 Å². The van der Waals surface area contributed by atoms with Crippen LogP contribution >= 0.6 is 126 Å². The predicted octanol–water partition coefficient (Wildman–Crippen LogP) is 9.26. The van der Waals surface area contributed by atoms with Gasteiger partial charge in [-0.05, 0) is 145 Å². The van der Waals surface area contributed by atoms with Crippen LogP contribution in [0.3, 0.4) is 0 Å². The van der Waals surface area contributed by atoms with Crippen LogP contribution in [-0.4, -0.2) is 88.6 Å². The zero-order chi connectivity index (χ0) is 39.6. The van der Waals surface area contributed by atoms with Crippen molar-refractivity contribution in [2.24, 2.45) is 28.3 Å². The smallest absolute Gasteiger partial charge is 0.813 e. The fourth-order valence-electron chi connectivity index (χ4n) is 4.88. The minimum Gasteiger partial charge on any atom is -0.813 e. The van der Waals surface area contributed by atoms with Crippen molar-refractivity contribution in [3.8, 4) is 6.07 Å². The second-order valence-corrected chi connectivity index (χ2v) is 49.1. The van der Waals surface area contributed by atoms with E-state index in [-0.39, 0.29) is 35.7 Å². The number of halogens is 5. The number of likely N-dealkylation sites (tertiary alicyclic amines) is 2. The van der Waals surface area contributed by atoms with Crippen LogP contribution in [0.4, 0.5) is 11.6 Å². The molecule has 52 heavy (non-hydrogen) atoms. The van der Waals surface area contributed by atoms with Crippen LogP contribution < -0.4 is 16.8 Å². The third-order valence-electron chi connectivity index (χ3n) is 7.68. The number of nitriles is 1. The van der Waals surface area contributed by atoms with Gasteiger partial charge in [-0.15, -0.1) is 9.80 Å². The average molecular weight is 1380 g/mol. The summed E-state index contributed by atoms with van der Waals surface area (Å²) < 4.78 is 0.914. The average Bonchev–Trinajstić information content (AvgIpc) is 3.09. The van der Waals surface area contributed by atoms with Crippen molar-refractivity contribution in [1.29, 1.82) is 5.26 Å². The van der Waals surface area contributed by atoms with Gasteiger partial charge in [0, 0.05) is 28.7 Å². The number of allylic oxidation sites excluding steroid dienone is 2. The fraction of sp³-hybridized carbons (Fsp3) is 0.688. The molecule has 2 aliphatic rings. The van der Waals surface area contributed by atoms with Gasteiger partial charge in [0.1, 0.15) is 6.07 Å². The Hall–Kier alpha value is 1.74. The number of ketones is 1. The van der Waals surface area contributed by atoms with Crippen LogP contribution in [0.25, 0.3) is 4.85 Å². The number of anilines is 1. The Labute approximate surface area is 395 Å². The van der Waals surface area contributed by atoms with E-state index in [1.165, 1.54) is 77.7 Å². The van der Waals surface area contributed by atoms with Gasteiger partial charge < -0.3 is 40.1 Å². The second-order valence-electron chi connectivity index (χ2n) is 11.5. The quantitative estimate of drug-likeness (QED) is 0.0147. The molecule has 0 radical (unpaired) electrons. The number of alkyl halides is 1. The van der Waals surface area contributed by atoms with Crippen LogP contribution in [-0.2, 0) is 23.2 Å². The van der Waals surface area contributed by atoms with E-state index in [9.17, 15) is 4.79 Å². The summed E-state index contributed by atoms with van der Waals surface area (Å²) in [7, 11) is 7.89. The van der Waals surface area contributed by atoms with Gasteiger partial charge in [0.05, 0.1) is 12.1 Å². The first-order chi connectivity index (χ1) is 24.2. The largest absolute Gasteiger partial charge is 0.813 e. The van der Waals surface area contributed by atoms with E-state index in [0.29, 0.717) is 11.6 Å². The molecule has 0 bridgehead atoms. The summed E-state index contributed by atoms with van der Waals surface area (Å²) in [6, 6.07) is 1.76. The number of nitrogens with one attached hydrogen (secondary N) is 1. The molecule has 300 valence electrons. The molecular formula is C32H57I5N10OS3V-. The SMILES string of the molecule is C/C=C(\C#N)C(C)=O.CN1CCC(CCCN=C(N)N)CC1.SCI.SI.[C-]#[N+]c1cnc(NCCCC2CCN(C)CC2)nc1C.[I][V]([I])[I].[SH-]. The van der Waals surface area contributed by atoms with E-state index in [1.54, 1.807) is 19.2 Å². The molecule has 0 aliphatic carbocycles. The number of hydrogen-bond acceptors (Lipinski definition) is 11. The van der Waals surface area contributed by atoms with Gasteiger partial charge in [0.25, 0.3) is 0 Å². The van der Waals surface area contributed by atoms with Gasteiger partial charge in [0.2, 0.25) is 11.6 Å². The summed E-state index contributed by atoms with van der Waals surface area (Å²) in [4.78, 5) is 30.7. The van der Waals surface area contributed by atoms with Gasteiger partial charge in [-0.2, -0.15) is 17.9 Å². The number of aromatic nitrogens is 2. The van der Waals surface area contributed by atoms with Crippen LogP contribution in [0.5, 0.6) is 0 Å². The Kier molecular flexibility index (Phi) is 49.2. The Balaban J connectivity index is -0.000000314. The number of piperidine rings is 2. The van der Waals surface area contributed by atoms with Gasteiger partial charge in [-0.25, -0.2) is 14.8 Å². The third kappa shape index (κ3) is 38.6. The van der Waals surface area contributed by atoms with Gasteiger partial charge in [-0.3, -0.25) is 9.79 Å². The van der Waals surface area contributed by atoms with E-state index in [4.69, 9.17) is 23.3 Å². The van der Waals surface area contributed by atoms with Crippen molar-refractivity contribution in [3.63, 3.8) is 0 Å². The Morgan fingerprint density at radius 1 is 1.12 bits per heavy atom. The third-order valence-corrected chi connectivity index (χ3v) is 7.68. The Bertz CT molecular complexity index is 1170. The van der Waals surface area contributed by atoms with E-state index >= 15 is 0 Å². The molecule has 0 aromatic carbocycles. The maximum Gasteiger partial charge on any atom is -0.813 e. The number of Topliss-reactive ketones (excluding diaryl/α,β-unsaturated/α-hetero) is 1. The minimum atomic E-state index is -0.278. The van der Waals surface area contributed by atoms with E-state index < -0.39 is 0 Å². The molecule has 3 rings (SSSR count). The molecule has 1 aromatic rings. The number of aliphatic imine (C=N–C) groups is 1. The normalized spacial score (nSPS) is 14.5. The topological polar surface area (TPSA) is 154 Å². The summed E-state index contributed by atoms with van der Waals surface area (Å²) in [5.41, 5.74) is 12.0. The number of carbonyl (C=O) groups excluding carboxylic acids is 1. The van der Waals surface area contributed by atoms with E-state index in [2.05, 4.69) is 154 Å². The van der Waals surface area contributed by atoms with Crippen molar-refractivity contribution in [1.82, 2.24) is 19.8 Å². The zero-order valence-corrected chi connectivity index (χ0v) is 45.7. The summed E-state index contributed by atoms with van der Waals surface area (Å²) in [5, 5.41) is 11.4. The first-order valence-corrected chi connectivity index (χ1v) is 35.2. The maximum absolute atomic E-state index is 10.3. The van der Waals surface area contributed by atoms with Gasteiger partial charge in [-0.1, -0.05) is 28.7 Å². The molecule has 0 spiro atoms. The molecule has 0 amide bonds. The maximum atomic E-state index is 10.3. The van der Waals surface area contributed by atoms with E-state index in [0.717, 1.165) is 47.2 Å². The molecule has 2 saturated heterocycles. The summed E-state index contributed by atoms with van der Waals surface area (Å²) in [6.07, 6.45) is 13.2. The Morgan fingerprint density at radius 2 is 1.56 bits per heavy atom.